The highest BCUT2D eigenvalue weighted by Crippen LogP contribution is 2.43. The Hall–Kier alpha value is -1.26. The number of unbranched alkanes of at least 4 members (excludes halogenated alkanes) is 1. The van der Waals surface area contributed by atoms with Crippen molar-refractivity contribution in [1.29, 1.82) is 0 Å². The van der Waals surface area contributed by atoms with Crippen molar-refractivity contribution in [3.63, 3.8) is 0 Å². The Bertz CT molecular complexity index is 389. The van der Waals surface area contributed by atoms with E-state index in [1.54, 1.807) is 0 Å². The SMILES string of the molecule is CN=C(NCCCCC(=O)OC)N1CCC2(CCCCC2)C1. The number of carbonyl (C=O) groups excluding carboxylic acids is 1. The lowest BCUT2D eigenvalue weighted by molar-refractivity contribution is -0.140. The zero-order valence-corrected chi connectivity index (χ0v) is 14.2. The molecule has 1 spiro atoms. The van der Waals surface area contributed by atoms with E-state index in [9.17, 15) is 4.79 Å². The molecule has 0 bridgehead atoms. The lowest BCUT2D eigenvalue weighted by Gasteiger charge is -2.33. The van der Waals surface area contributed by atoms with Gasteiger partial charge in [0.1, 0.15) is 0 Å². The molecular weight excluding hydrogens is 278 g/mol. The van der Waals surface area contributed by atoms with Gasteiger partial charge in [-0.05, 0) is 37.5 Å². The van der Waals surface area contributed by atoms with Crippen LogP contribution in [0.5, 0.6) is 0 Å². The summed E-state index contributed by atoms with van der Waals surface area (Å²) in [4.78, 5) is 17.9. The second-order valence-electron chi connectivity index (χ2n) is 6.74. The third kappa shape index (κ3) is 4.62. The molecule has 1 heterocycles. The Morgan fingerprint density at radius 2 is 2.00 bits per heavy atom. The minimum Gasteiger partial charge on any atom is -0.469 e. The van der Waals surface area contributed by atoms with Gasteiger partial charge in [-0.25, -0.2) is 0 Å². The summed E-state index contributed by atoms with van der Waals surface area (Å²) in [6.07, 6.45) is 10.6. The number of likely N-dealkylation sites (tertiary alicyclic amines) is 1. The molecule has 0 radical (unpaired) electrons. The van der Waals surface area contributed by atoms with E-state index >= 15 is 0 Å². The van der Waals surface area contributed by atoms with E-state index in [1.807, 2.05) is 7.05 Å². The maximum Gasteiger partial charge on any atom is 0.305 e. The summed E-state index contributed by atoms with van der Waals surface area (Å²) in [5.74, 6) is 0.906. The molecule has 1 N–H and O–H groups in total. The molecule has 0 aromatic carbocycles. The largest absolute Gasteiger partial charge is 0.469 e. The lowest BCUT2D eigenvalue weighted by Crippen LogP contribution is -2.42. The highest BCUT2D eigenvalue weighted by Gasteiger charge is 2.39. The van der Waals surface area contributed by atoms with Gasteiger partial charge in [-0.15, -0.1) is 0 Å². The molecule has 0 atom stereocenters. The first-order valence-corrected chi connectivity index (χ1v) is 8.71. The van der Waals surface area contributed by atoms with Crippen molar-refractivity contribution in [2.75, 3.05) is 33.8 Å². The quantitative estimate of drug-likeness (QED) is 0.367. The van der Waals surface area contributed by atoms with Gasteiger partial charge in [0.15, 0.2) is 5.96 Å². The van der Waals surface area contributed by atoms with Crippen LogP contribution in [-0.4, -0.2) is 50.6 Å². The van der Waals surface area contributed by atoms with Crippen molar-refractivity contribution in [2.24, 2.45) is 10.4 Å². The van der Waals surface area contributed by atoms with Crippen molar-refractivity contribution < 1.29 is 9.53 Å². The van der Waals surface area contributed by atoms with Gasteiger partial charge in [0.2, 0.25) is 0 Å². The zero-order chi connectivity index (χ0) is 15.8. The Morgan fingerprint density at radius 3 is 2.68 bits per heavy atom. The molecule has 0 amide bonds. The van der Waals surface area contributed by atoms with Crippen LogP contribution in [0.15, 0.2) is 4.99 Å². The molecule has 0 unspecified atom stereocenters. The first kappa shape index (κ1) is 17.1. The zero-order valence-electron chi connectivity index (χ0n) is 14.2. The fourth-order valence-electron chi connectivity index (χ4n) is 3.85. The predicted molar refractivity (Wildman–Crippen MR) is 88.9 cm³/mol. The van der Waals surface area contributed by atoms with Gasteiger partial charge in [0, 0.05) is 33.1 Å². The summed E-state index contributed by atoms with van der Waals surface area (Å²) < 4.78 is 4.65. The Labute approximate surface area is 134 Å². The summed E-state index contributed by atoms with van der Waals surface area (Å²) >= 11 is 0. The maximum absolute atomic E-state index is 11.1. The van der Waals surface area contributed by atoms with Crippen molar-refractivity contribution in [1.82, 2.24) is 10.2 Å². The highest BCUT2D eigenvalue weighted by atomic mass is 16.5. The van der Waals surface area contributed by atoms with Crippen LogP contribution in [0.25, 0.3) is 0 Å². The number of nitrogens with one attached hydrogen (secondary N) is 1. The molecule has 5 nitrogen and oxygen atoms in total. The number of nitrogens with zero attached hydrogens (tertiary/aromatic N) is 2. The second kappa shape index (κ2) is 8.39. The summed E-state index contributed by atoms with van der Waals surface area (Å²) in [6.45, 7) is 3.16. The van der Waals surface area contributed by atoms with Crippen molar-refractivity contribution in [2.45, 2.75) is 57.8 Å². The smallest absolute Gasteiger partial charge is 0.305 e. The topological polar surface area (TPSA) is 53.9 Å². The maximum atomic E-state index is 11.1. The molecular formula is C17H31N3O2. The molecule has 2 aliphatic rings. The first-order chi connectivity index (χ1) is 10.7. The van der Waals surface area contributed by atoms with Crippen LogP contribution in [0.2, 0.25) is 0 Å². The number of esters is 1. The van der Waals surface area contributed by atoms with Crippen LogP contribution in [0.4, 0.5) is 0 Å². The standard InChI is InChI=1S/C17H31N3O2/c1-18-16(19-12-7-4-8-15(21)22-2)20-13-11-17(14-20)9-5-3-6-10-17/h3-14H2,1-2H3,(H,18,19). The molecule has 1 saturated carbocycles. The fraction of sp³-hybridized carbons (Fsp3) is 0.882. The van der Waals surface area contributed by atoms with E-state index in [1.165, 1.54) is 45.6 Å². The first-order valence-electron chi connectivity index (χ1n) is 8.71. The molecule has 0 aromatic heterocycles. The highest BCUT2D eigenvalue weighted by molar-refractivity contribution is 5.80. The molecule has 22 heavy (non-hydrogen) atoms. The van der Waals surface area contributed by atoms with Crippen LogP contribution in [0.3, 0.4) is 0 Å². The number of carbonyl (C=O) groups is 1. The monoisotopic (exact) mass is 309 g/mol. The van der Waals surface area contributed by atoms with Gasteiger partial charge in [-0.1, -0.05) is 19.3 Å². The Balaban J connectivity index is 1.70. The minimum atomic E-state index is -0.122. The summed E-state index contributed by atoms with van der Waals surface area (Å²) in [5.41, 5.74) is 0.556. The van der Waals surface area contributed by atoms with Crippen molar-refractivity contribution in [3.05, 3.63) is 0 Å². The molecule has 2 fully saturated rings. The van der Waals surface area contributed by atoms with E-state index in [-0.39, 0.29) is 5.97 Å². The number of hydrogen-bond acceptors (Lipinski definition) is 3. The minimum absolute atomic E-state index is 0.122. The van der Waals surface area contributed by atoms with Gasteiger partial charge < -0.3 is 15.0 Å². The number of aliphatic imine (C=N–C) groups is 1. The average molecular weight is 309 g/mol. The van der Waals surface area contributed by atoms with Crippen LogP contribution < -0.4 is 5.32 Å². The third-order valence-corrected chi connectivity index (χ3v) is 5.18. The van der Waals surface area contributed by atoms with Crippen molar-refractivity contribution in [3.8, 4) is 0 Å². The van der Waals surface area contributed by atoms with Crippen LogP contribution in [0.1, 0.15) is 57.8 Å². The van der Waals surface area contributed by atoms with Crippen LogP contribution >= 0.6 is 0 Å². The predicted octanol–water partition coefficient (Wildman–Crippen LogP) is 2.56. The summed E-state index contributed by atoms with van der Waals surface area (Å²) in [6, 6.07) is 0. The van der Waals surface area contributed by atoms with Gasteiger partial charge in [0.25, 0.3) is 0 Å². The molecule has 2 rings (SSSR count). The Morgan fingerprint density at radius 1 is 1.23 bits per heavy atom. The van der Waals surface area contributed by atoms with E-state index in [4.69, 9.17) is 0 Å². The Kier molecular flexibility index (Phi) is 6.52. The van der Waals surface area contributed by atoms with Crippen LogP contribution in [-0.2, 0) is 9.53 Å². The number of ether oxygens (including phenoxy) is 1. The number of methoxy groups -OCH3 is 1. The van der Waals surface area contributed by atoms with E-state index < -0.39 is 0 Å². The fourth-order valence-corrected chi connectivity index (χ4v) is 3.85. The third-order valence-electron chi connectivity index (χ3n) is 5.18. The van der Waals surface area contributed by atoms with Gasteiger partial charge >= 0.3 is 5.97 Å². The van der Waals surface area contributed by atoms with E-state index in [0.29, 0.717) is 11.8 Å². The average Bonchev–Trinajstić information content (AvgIpc) is 2.94. The van der Waals surface area contributed by atoms with E-state index in [0.717, 1.165) is 38.4 Å². The lowest BCUT2D eigenvalue weighted by atomic mass is 9.73. The normalized spacial score (nSPS) is 21.2. The number of rotatable bonds is 5. The molecule has 1 aliphatic heterocycles. The molecule has 0 aromatic rings. The molecule has 1 aliphatic carbocycles. The van der Waals surface area contributed by atoms with Gasteiger partial charge in [-0.3, -0.25) is 9.79 Å². The summed E-state index contributed by atoms with van der Waals surface area (Å²) in [7, 11) is 3.31. The van der Waals surface area contributed by atoms with Crippen molar-refractivity contribution >= 4 is 11.9 Å². The second-order valence-corrected chi connectivity index (χ2v) is 6.74. The molecule has 1 saturated heterocycles. The number of guanidine groups is 1. The molecule has 5 heteroatoms. The van der Waals surface area contributed by atoms with E-state index in [2.05, 4.69) is 19.9 Å². The molecule has 126 valence electrons. The number of hydrogen-bond donors (Lipinski definition) is 1. The van der Waals surface area contributed by atoms with Crippen LogP contribution in [0, 0.1) is 5.41 Å². The van der Waals surface area contributed by atoms with Gasteiger partial charge in [0.05, 0.1) is 7.11 Å². The summed E-state index contributed by atoms with van der Waals surface area (Å²) in [5, 5.41) is 3.45. The van der Waals surface area contributed by atoms with Gasteiger partial charge in [-0.2, -0.15) is 0 Å².